The van der Waals surface area contributed by atoms with Crippen molar-refractivity contribution in [1.82, 2.24) is 19.5 Å². The number of aryl methyl sites for hydroxylation is 2. The van der Waals surface area contributed by atoms with Crippen molar-refractivity contribution < 1.29 is 4.74 Å². The minimum absolute atomic E-state index is 0.131. The molecule has 5 rings (SSSR count). The molecule has 0 bridgehead atoms. The molecule has 0 aliphatic carbocycles. The molecule has 0 radical (unpaired) electrons. The Kier molecular flexibility index (Phi) is 6.54. The lowest BCUT2D eigenvalue weighted by Gasteiger charge is -2.27. The van der Waals surface area contributed by atoms with E-state index in [4.69, 9.17) is 21.3 Å². The molecule has 4 heterocycles. The predicted octanol–water partition coefficient (Wildman–Crippen LogP) is 5.48. The highest BCUT2D eigenvalue weighted by Gasteiger charge is 2.21. The van der Waals surface area contributed by atoms with Gasteiger partial charge < -0.3 is 10.1 Å². The van der Waals surface area contributed by atoms with E-state index in [9.17, 15) is 4.79 Å². The third kappa shape index (κ3) is 4.66. The maximum absolute atomic E-state index is 13.5. The lowest BCUT2D eigenvalue weighted by molar-refractivity contribution is 0.0231. The summed E-state index contributed by atoms with van der Waals surface area (Å²) in [4.78, 5) is 27.2. The van der Waals surface area contributed by atoms with Crippen LogP contribution in [0.25, 0.3) is 33.4 Å². The number of hydrogen-bond donors (Lipinski definition) is 1. The summed E-state index contributed by atoms with van der Waals surface area (Å²) in [6, 6.07) is 11.7. The van der Waals surface area contributed by atoms with Crippen LogP contribution in [0.4, 0.5) is 5.95 Å². The fraction of sp³-hybridized carbons (Fsp3) is 0.333. The molecule has 0 amide bonds. The van der Waals surface area contributed by atoms with Crippen LogP contribution in [-0.4, -0.2) is 38.3 Å². The van der Waals surface area contributed by atoms with E-state index in [1.54, 1.807) is 17.0 Å². The Bertz CT molecular complexity index is 1450. The van der Waals surface area contributed by atoms with E-state index in [1.807, 2.05) is 50.2 Å². The number of nitrogens with zero attached hydrogens (tertiary/aromatic N) is 4. The summed E-state index contributed by atoms with van der Waals surface area (Å²) in [5, 5.41) is 4.70. The molecule has 8 heteroatoms. The van der Waals surface area contributed by atoms with Gasteiger partial charge in [-0.25, -0.2) is 4.98 Å². The first-order valence-electron chi connectivity index (χ1n) is 11.9. The molecule has 4 aromatic rings. The highest BCUT2D eigenvalue weighted by Crippen LogP contribution is 2.32. The number of nitrogens with one attached hydrogen (secondary N) is 1. The average molecular weight is 490 g/mol. The van der Waals surface area contributed by atoms with E-state index in [0.717, 1.165) is 41.7 Å². The van der Waals surface area contributed by atoms with Crippen molar-refractivity contribution >= 4 is 28.6 Å². The third-order valence-electron chi connectivity index (χ3n) is 6.50. The fourth-order valence-corrected chi connectivity index (χ4v) is 4.98. The third-order valence-corrected chi connectivity index (χ3v) is 6.82. The Labute approximate surface area is 209 Å². The van der Waals surface area contributed by atoms with Crippen LogP contribution >= 0.6 is 11.6 Å². The summed E-state index contributed by atoms with van der Waals surface area (Å²) < 4.78 is 7.31. The second kappa shape index (κ2) is 9.76. The topological polar surface area (TPSA) is 81.9 Å². The van der Waals surface area contributed by atoms with Crippen LogP contribution in [0.1, 0.15) is 32.3 Å². The Balaban J connectivity index is 1.53. The number of hydrogen-bond acceptors (Lipinski definition) is 6. The maximum atomic E-state index is 13.5. The van der Waals surface area contributed by atoms with Gasteiger partial charge in [0.15, 0.2) is 0 Å². The lowest BCUT2D eigenvalue weighted by atomic mass is 10.0. The van der Waals surface area contributed by atoms with Crippen LogP contribution in [0.2, 0.25) is 5.02 Å². The highest BCUT2D eigenvalue weighted by atomic mass is 35.5. The fourth-order valence-electron chi connectivity index (χ4n) is 4.70. The summed E-state index contributed by atoms with van der Waals surface area (Å²) in [5.41, 5.74) is 4.52. The van der Waals surface area contributed by atoms with Gasteiger partial charge in [0, 0.05) is 58.7 Å². The molecule has 1 aromatic carbocycles. The number of ether oxygens (including phenoxy) is 1. The maximum Gasteiger partial charge on any atom is 0.260 e. The Morgan fingerprint density at radius 1 is 1.20 bits per heavy atom. The first-order valence-corrected chi connectivity index (χ1v) is 12.3. The number of anilines is 1. The number of aromatic nitrogens is 4. The van der Waals surface area contributed by atoms with Gasteiger partial charge in [-0.1, -0.05) is 29.8 Å². The zero-order valence-corrected chi connectivity index (χ0v) is 20.8. The average Bonchev–Trinajstić information content (AvgIpc) is 2.84. The molecule has 3 aromatic heterocycles. The molecular weight excluding hydrogens is 462 g/mol. The van der Waals surface area contributed by atoms with Crippen molar-refractivity contribution in [2.24, 2.45) is 0 Å². The lowest BCUT2D eigenvalue weighted by Crippen LogP contribution is -2.33. The molecule has 7 nitrogen and oxygen atoms in total. The summed E-state index contributed by atoms with van der Waals surface area (Å²) in [7, 11) is 0. The van der Waals surface area contributed by atoms with Gasteiger partial charge in [-0.05, 0) is 57.4 Å². The van der Waals surface area contributed by atoms with Crippen LogP contribution in [0.15, 0.2) is 53.6 Å². The van der Waals surface area contributed by atoms with Crippen molar-refractivity contribution in [3.63, 3.8) is 0 Å². The number of benzene rings is 1. The van der Waals surface area contributed by atoms with Gasteiger partial charge in [0.25, 0.3) is 5.56 Å². The zero-order chi connectivity index (χ0) is 24.5. The van der Waals surface area contributed by atoms with Gasteiger partial charge in [0.1, 0.15) is 5.65 Å². The minimum Gasteiger partial charge on any atom is -0.378 e. The Morgan fingerprint density at radius 3 is 2.80 bits per heavy atom. The van der Waals surface area contributed by atoms with E-state index >= 15 is 0 Å². The molecule has 1 aliphatic heterocycles. The Morgan fingerprint density at radius 2 is 2.06 bits per heavy atom. The normalized spacial score (nSPS) is 18.1. The molecule has 1 N–H and O–H groups in total. The van der Waals surface area contributed by atoms with Gasteiger partial charge >= 0.3 is 0 Å². The predicted molar refractivity (Wildman–Crippen MR) is 140 cm³/mol. The number of halogens is 1. The molecule has 1 aliphatic rings. The Hall–Kier alpha value is -3.29. The van der Waals surface area contributed by atoms with Crippen molar-refractivity contribution in [2.75, 3.05) is 11.9 Å². The van der Waals surface area contributed by atoms with Crippen molar-refractivity contribution in [1.29, 1.82) is 0 Å². The van der Waals surface area contributed by atoms with E-state index in [-0.39, 0.29) is 17.7 Å². The summed E-state index contributed by atoms with van der Waals surface area (Å²) in [6.45, 7) is 7.22. The summed E-state index contributed by atoms with van der Waals surface area (Å²) in [6.07, 6.45) is 5.53. The molecule has 2 atom stereocenters. The largest absolute Gasteiger partial charge is 0.378 e. The van der Waals surface area contributed by atoms with Crippen LogP contribution < -0.4 is 10.9 Å². The summed E-state index contributed by atoms with van der Waals surface area (Å²) >= 11 is 6.70. The molecule has 2 unspecified atom stereocenters. The standard InChI is InChI=1S/C27H28ClN5O2/c1-4-33-25-19(15-30-27(32-25)31-20-9-11-35-17(3)12-20)13-22(26(33)34)21-8-7-18(14-23(21)28)24-16(2)6-5-10-29-24/h5-8,10,13-15,17,20H,4,9,11-12H2,1-3H3,(H,30,31,32). The first-order chi connectivity index (χ1) is 16.9. The molecular formula is C27H28ClN5O2. The molecule has 0 spiro atoms. The van der Waals surface area contributed by atoms with E-state index in [1.165, 1.54) is 0 Å². The number of fused-ring (bicyclic) bond motifs is 1. The first kappa shape index (κ1) is 23.5. The quantitative estimate of drug-likeness (QED) is 0.399. The van der Waals surface area contributed by atoms with Gasteiger partial charge in [-0.15, -0.1) is 0 Å². The second-order valence-corrected chi connectivity index (χ2v) is 9.40. The molecule has 1 saturated heterocycles. The molecule has 0 saturated carbocycles. The van der Waals surface area contributed by atoms with Crippen molar-refractivity contribution in [2.45, 2.75) is 52.3 Å². The summed E-state index contributed by atoms with van der Waals surface area (Å²) in [5.74, 6) is 0.527. The SMILES string of the molecule is CCn1c(=O)c(-c2ccc(-c3ncccc3C)cc2Cl)cc2cnc(NC3CCOC(C)C3)nc21. The molecule has 35 heavy (non-hydrogen) atoms. The van der Waals surface area contributed by atoms with Crippen molar-refractivity contribution in [3.05, 3.63) is 69.7 Å². The smallest absolute Gasteiger partial charge is 0.260 e. The van der Waals surface area contributed by atoms with E-state index in [0.29, 0.717) is 34.3 Å². The second-order valence-electron chi connectivity index (χ2n) is 8.99. The number of rotatable bonds is 5. The van der Waals surface area contributed by atoms with Crippen molar-refractivity contribution in [3.8, 4) is 22.4 Å². The molecule has 1 fully saturated rings. The monoisotopic (exact) mass is 489 g/mol. The van der Waals surface area contributed by atoms with Gasteiger partial charge in [0.05, 0.1) is 11.8 Å². The van der Waals surface area contributed by atoms with Crippen LogP contribution in [0.3, 0.4) is 0 Å². The molecule has 180 valence electrons. The highest BCUT2D eigenvalue weighted by molar-refractivity contribution is 6.33. The van der Waals surface area contributed by atoms with Crippen LogP contribution in [0, 0.1) is 6.92 Å². The minimum atomic E-state index is -0.131. The van der Waals surface area contributed by atoms with Crippen LogP contribution in [-0.2, 0) is 11.3 Å². The van der Waals surface area contributed by atoms with Gasteiger partial charge in [-0.2, -0.15) is 4.98 Å². The zero-order valence-electron chi connectivity index (χ0n) is 20.1. The van der Waals surface area contributed by atoms with Gasteiger partial charge in [-0.3, -0.25) is 14.3 Å². The van der Waals surface area contributed by atoms with E-state index < -0.39 is 0 Å². The number of pyridine rings is 2. The van der Waals surface area contributed by atoms with Gasteiger partial charge in [0.2, 0.25) is 5.95 Å². The van der Waals surface area contributed by atoms with E-state index in [2.05, 4.69) is 22.2 Å². The van der Waals surface area contributed by atoms with Crippen LogP contribution in [0.5, 0.6) is 0 Å².